The van der Waals surface area contributed by atoms with E-state index in [1.807, 2.05) is 0 Å². The highest BCUT2D eigenvalue weighted by molar-refractivity contribution is 5.12. The molecule has 2 nitrogen and oxygen atoms in total. The van der Waals surface area contributed by atoms with E-state index in [1.54, 1.807) is 0 Å². The predicted octanol–water partition coefficient (Wildman–Crippen LogP) is 9.53. The normalized spacial score (nSPS) is 16.5. The van der Waals surface area contributed by atoms with Crippen molar-refractivity contribution in [2.45, 2.75) is 116 Å². The fraction of sp³-hybridized carbons (Fsp3) is 1.00. The lowest BCUT2D eigenvalue weighted by Gasteiger charge is -2.41. The van der Waals surface area contributed by atoms with E-state index >= 15 is 0 Å². The molecule has 0 heterocycles. The maximum Gasteiger partial charge on any atom is 0.460 e. The van der Waals surface area contributed by atoms with E-state index in [0.29, 0.717) is 0 Å². The SMILES string of the molecule is OCCCC(O)(CCC(F)(F)C(F)(F)C(F)(F)C(F)(F)C(F)(F)C(F)(F)F)CCC(F)(F)C(F)(F)C(F)(F)C(F)(F)C(F)(F)C(F)(F)F. The van der Waals surface area contributed by atoms with Crippen molar-refractivity contribution < 1.29 is 124 Å². The van der Waals surface area contributed by atoms with E-state index in [9.17, 15) is 119 Å². The quantitative estimate of drug-likeness (QED) is 0.145. The van der Waals surface area contributed by atoms with Gasteiger partial charge in [-0.15, -0.1) is 0 Å². The zero-order valence-electron chi connectivity index (χ0n) is 22.2. The van der Waals surface area contributed by atoms with Crippen LogP contribution in [-0.4, -0.2) is 94.0 Å². The van der Waals surface area contributed by atoms with Crippen LogP contribution in [0.2, 0.25) is 0 Å². The van der Waals surface area contributed by atoms with Gasteiger partial charge in [-0.1, -0.05) is 0 Å². The molecular formula is C20H16F26O2. The molecule has 0 aromatic carbocycles. The number of alkyl halides is 26. The molecule has 0 amide bonds. The summed E-state index contributed by atoms with van der Waals surface area (Å²) in [5.41, 5.74) is -3.96. The third kappa shape index (κ3) is 7.14. The lowest BCUT2D eigenvalue weighted by molar-refractivity contribution is -0.440. The molecule has 0 bridgehead atoms. The van der Waals surface area contributed by atoms with E-state index in [0.717, 1.165) is 0 Å². The molecule has 0 saturated carbocycles. The molecule has 0 saturated heterocycles. The van der Waals surface area contributed by atoms with Gasteiger partial charge in [-0.2, -0.15) is 114 Å². The molecule has 0 aromatic rings. The Morgan fingerprint density at radius 1 is 0.292 bits per heavy atom. The first kappa shape index (κ1) is 46.1. The van der Waals surface area contributed by atoms with Gasteiger partial charge in [0.05, 0.1) is 5.60 Å². The Kier molecular flexibility index (Phi) is 12.2. The second-order valence-corrected chi connectivity index (χ2v) is 10.1. The summed E-state index contributed by atoms with van der Waals surface area (Å²) in [6.45, 7) is -1.37. The van der Waals surface area contributed by atoms with Gasteiger partial charge in [-0.3, -0.25) is 0 Å². The van der Waals surface area contributed by atoms with Crippen LogP contribution in [0.25, 0.3) is 0 Å². The lowest BCUT2D eigenvalue weighted by Crippen LogP contribution is -2.70. The molecule has 0 aliphatic rings. The van der Waals surface area contributed by atoms with E-state index < -0.39 is 122 Å². The Bertz CT molecular complexity index is 1010. The van der Waals surface area contributed by atoms with Crippen molar-refractivity contribution in [1.82, 2.24) is 0 Å². The first-order valence-corrected chi connectivity index (χ1v) is 11.7. The summed E-state index contributed by atoms with van der Waals surface area (Å²) >= 11 is 0. The van der Waals surface area contributed by atoms with Crippen LogP contribution in [0, 0.1) is 0 Å². The van der Waals surface area contributed by atoms with Crippen molar-refractivity contribution in [1.29, 1.82) is 0 Å². The van der Waals surface area contributed by atoms with Crippen LogP contribution in [0.3, 0.4) is 0 Å². The number of rotatable bonds is 17. The Morgan fingerprint density at radius 2 is 0.521 bits per heavy atom. The van der Waals surface area contributed by atoms with Gasteiger partial charge in [0.2, 0.25) is 0 Å². The molecule has 0 rings (SSSR count). The molecule has 48 heavy (non-hydrogen) atoms. The van der Waals surface area contributed by atoms with Gasteiger partial charge in [0.1, 0.15) is 0 Å². The van der Waals surface area contributed by atoms with Crippen molar-refractivity contribution in [2.75, 3.05) is 6.61 Å². The van der Waals surface area contributed by atoms with Gasteiger partial charge >= 0.3 is 71.6 Å². The Balaban J connectivity index is 6.57. The smallest absolute Gasteiger partial charge is 0.396 e. The zero-order chi connectivity index (χ0) is 39.4. The zero-order valence-corrected chi connectivity index (χ0v) is 22.2. The van der Waals surface area contributed by atoms with Crippen LogP contribution >= 0.6 is 0 Å². The molecule has 28 heteroatoms. The minimum absolute atomic E-state index is 1.21. The molecule has 0 fully saturated rings. The molecule has 0 aliphatic carbocycles. The highest BCUT2D eigenvalue weighted by atomic mass is 19.4. The summed E-state index contributed by atoms with van der Waals surface area (Å²) in [7, 11) is 0. The highest BCUT2D eigenvalue weighted by Crippen LogP contribution is 2.63. The van der Waals surface area contributed by atoms with Gasteiger partial charge < -0.3 is 10.2 Å². The number of halogens is 26. The van der Waals surface area contributed by atoms with Crippen LogP contribution in [0.5, 0.6) is 0 Å². The fourth-order valence-corrected chi connectivity index (χ4v) is 3.48. The lowest BCUT2D eigenvalue weighted by atomic mass is 9.82. The van der Waals surface area contributed by atoms with Gasteiger partial charge in [0.25, 0.3) is 0 Å². The third-order valence-electron chi connectivity index (χ3n) is 6.61. The van der Waals surface area contributed by atoms with Gasteiger partial charge in [-0.05, 0) is 25.7 Å². The number of hydrogen-bond acceptors (Lipinski definition) is 2. The molecule has 0 radical (unpaired) electrons. The Labute approximate surface area is 248 Å². The van der Waals surface area contributed by atoms with Gasteiger partial charge in [-0.25, -0.2) is 0 Å². The van der Waals surface area contributed by atoms with E-state index in [4.69, 9.17) is 5.11 Å². The van der Waals surface area contributed by atoms with Crippen molar-refractivity contribution in [2.24, 2.45) is 0 Å². The molecule has 0 atom stereocenters. The van der Waals surface area contributed by atoms with Crippen LogP contribution < -0.4 is 0 Å². The van der Waals surface area contributed by atoms with Crippen LogP contribution in [0.4, 0.5) is 114 Å². The number of hydrogen-bond donors (Lipinski definition) is 2. The Hall–Kier alpha value is -1.90. The van der Waals surface area contributed by atoms with Gasteiger partial charge in [0, 0.05) is 19.4 Å². The van der Waals surface area contributed by atoms with E-state index in [-0.39, 0.29) is 0 Å². The minimum atomic E-state index is -8.41. The molecule has 0 aliphatic heterocycles. The standard InChI is InChI=1S/C20H16F26O2/c21-9(22,11(25,26)13(29,30)15(33,34)17(37,38)19(41,42)43)5-3-8(48,2-1-7-47)4-6-10(23,24)12(27,28)14(31,32)16(35,36)18(39,40)20(44,45)46/h47-48H,1-7H2. The van der Waals surface area contributed by atoms with Crippen LogP contribution in [-0.2, 0) is 0 Å². The molecule has 0 spiro atoms. The average Bonchev–Trinajstić information content (AvgIpc) is 2.87. The minimum Gasteiger partial charge on any atom is -0.396 e. The molecular weight excluding hydrogens is 766 g/mol. The average molecular weight is 782 g/mol. The monoisotopic (exact) mass is 782 g/mol. The van der Waals surface area contributed by atoms with Crippen molar-refractivity contribution in [3.63, 3.8) is 0 Å². The van der Waals surface area contributed by atoms with Gasteiger partial charge in [0.15, 0.2) is 0 Å². The number of aliphatic hydroxyl groups is 2. The summed E-state index contributed by atoms with van der Waals surface area (Å²) in [6.07, 6.45) is -30.7. The second-order valence-electron chi connectivity index (χ2n) is 10.1. The maximum atomic E-state index is 14.1. The number of aliphatic hydroxyl groups excluding tert-OH is 1. The molecule has 2 N–H and O–H groups in total. The second kappa shape index (κ2) is 12.7. The fourth-order valence-electron chi connectivity index (χ4n) is 3.48. The van der Waals surface area contributed by atoms with Crippen molar-refractivity contribution in [3.05, 3.63) is 0 Å². The first-order valence-electron chi connectivity index (χ1n) is 11.7. The molecule has 0 aromatic heterocycles. The molecule has 0 unspecified atom stereocenters. The summed E-state index contributed by atoms with van der Waals surface area (Å²) < 4.78 is 344. The van der Waals surface area contributed by atoms with Crippen molar-refractivity contribution in [3.8, 4) is 0 Å². The highest BCUT2D eigenvalue weighted by Gasteiger charge is 2.92. The summed E-state index contributed by atoms with van der Waals surface area (Å²) in [6, 6.07) is 0. The largest absolute Gasteiger partial charge is 0.460 e. The predicted molar refractivity (Wildman–Crippen MR) is 101 cm³/mol. The summed E-state index contributed by atoms with van der Waals surface area (Å²) in [4.78, 5) is 0. The first-order chi connectivity index (χ1) is 20.5. The summed E-state index contributed by atoms with van der Waals surface area (Å²) in [5, 5.41) is 18.8. The van der Waals surface area contributed by atoms with Crippen LogP contribution in [0.15, 0.2) is 0 Å². The topological polar surface area (TPSA) is 40.5 Å². The van der Waals surface area contributed by atoms with Crippen LogP contribution in [0.1, 0.15) is 38.5 Å². The molecule has 290 valence electrons. The van der Waals surface area contributed by atoms with Crippen molar-refractivity contribution >= 4 is 0 Å². The Morgan fingerprint density at radius 3 is 0.729 bits per heavy atom. The maximum absolute atomic E-state index is 14.1. The third-order valence-corrected chi connectivity index (χ3v) is 6.61. The summed E-state index contributed by atoms with van der Waals surface area (Å²) in [5.74, 6) is -80.1. The van der Waals surface area contributed by atoms with E-state index in [1.165, 1.54) is 0 Å². The van der Waals surface area contributed by atoms with E-state index in [2.05, 4.69) is 0 Å².